The van der Waals surface area contributed by atoms with Crippen molar-refractivity contribution in [2.24, 2.45) is 0 Å². The molecular weight excluding hydrogens is 306 g/mol. The predicted octanol–water partition coefficient (Wildman–Crippen LogP) is 2.78. The molecule has 2 rings (SSSR count). The summed E-state index contributed by atoms with van der Waals surface area (Å²) in [5.41, 5.74) is 0. The number of nitrogens with zero attached hydrogens (tertiary/aromatic N) is 2. The molecule has 0 saturated carbocycles. The van der Waals surface area contributed by atoms with Gasteiger partial charge in [-0.3, -0.25) is 9.59 Å². The van der Waals surface area contributed by atoms with Crippen LogP contribution in [0.4, 0.5) is 5.13 Å². The van der Waals surface area contributed by atoms with Crippen LogP contribution in [0.2, 0.25) is 0 Å². The van der Waals surface area contributed by atoms with Crippen LogP contribution in [0.3, 0.4) is 0 Å². The molecule has 0 unspecified atom stereocenters. The van der Waals surface area contributed by atoms with Crippen molar-refractivity contribution in [2.45, 2.75) is 6.92 Å². The lowest BCUT2D eigenvalue weighted by Crippen LogP contribution is -2.37. The van der Waals surface area contributed by atoms with E-state index in [9.17, 15) is 9.59 Å². The van der Waals surface area contributed by atoms with Gasteiger partial charge in [0.05, 0.1) is 4.88 Å². The van der Waals surface area contributed by atoms with Gasteiger partial charge in [-0.05, 0) is 18.4 Å². The molecule has 0 bridgehead atoms. The first kappa shape index (κ1) is 15.4. The maximum absolute atomic E-state index is 12.3. The van der Waals surface area contributed by atoms with Crippen molar-refractivity contribution in [2.75, 3.05) is 18.4 Å². The third-order valence-corrected chi connectivity index (χ3v) is 4.26. The minimum atomic E-state index is -0.267. The van der Waals surface area contributed by atoms with Gasteiger partial charge in [-0.25, -0.2) is 4.98 Å². The zero-order valence-electron chi connectivity index (χ0n) is 11.5. The van der Waals surface area contributed by atoms with Gasteiger partial charge >= 0.3 is 0 Å². The fourth-order valence-corrected chi connectivity index (χ4v) is 3.05. The number of hydrogen-bond donors (Lipinski definition) is 1. The second-order valence-corrected chi connectivity index (χ2v) is 6.46. The van der Waals surface area contributed by atoms with Crippen LogP contribution in [0.5, 0.6) is 0 Å². The van der Waals surface area contributed by atoms with E-state index in [0.29, 0.717) is 16.6 Å². The summed E-state index contributed by atoms with van der Waals surface area (Å²) in [4.78, 5) is 31.4. The summed E-state index contributed by atoms with van der Waals surface area (Å²) in [7, 11) is 0. The molecule has 0 radical (unpaired) electrons. The minimum absolute atomic E-state index is 0.0264. The van der Waals surface area contributed by atoms with Crippen molar-refractivity contribution in [3.63, 3.8) is 0 Å². The van der Waals surface area contributed by atoms with Crippen molar-refractivity contribution >= 4 is 39.6 Å². The van der Waals surface area contributed by atoms with E-state index in [1.807, 2.05) is 18.4 Å². The van der Waals surface area contributed by atoms with Crippen molar-refractivity contribution in [3.05, 3.63) is 46.1 Å². The molecule has 0 atom stereocenters. The molecule has 0 aliphatic carbocycles. The number of anilines is 1. The Morgan fingerprint density at radius 2 is 2.33 bits per heavy atom. The van der Waals surface area contributed by atoms with Crippen LogP contribution >= 0.6 is 22.7 Å². The Balaban J connectivity index is 2.00. The highest BCUT2D eigenvalue weighted by Gasteiger charge is 2.19. The quantitative estimate of drug-likeness (QED) is 0.832. The van der Waals surface area contributed by atoms with Crippen molar-refractivity contribution in [1.29, 1.82) is 0 Å². The molecule has 21 heavy (non-hydrogen) atoms. The number of thiazole rings is 1. The predicted molar refractivity (Wildman–Crippen MR) is 85.9 cm³/mol. The van der Waals surface area contributed by atoms with E-state index in [1.165, 1.54) is 27.6 Å². The van der Waals surface area contributed by atoms with E-state index in [1.54, 1.807) is 18.3 Å². The Morgan fingerprint density at radius 1 is 1.52 bits per heavy atom. The Bertz CT molecular complexity index is 634. The maximum Gasteiger partial charge on any atom is 0.264 e. The van der Waals surface area contributed by atoms with Gasteiger partial charge in [0.2, 0.25) is 5.91 Å². The van der Waals surface area contributed by atoms with Crippen molar-refractivity contribution in [3.8, 4) is 0 Å². The summed E-state index contributed by atoms with van der Waals surface area (Å²) >= 11 is 2.75. The average Bonchev–Trinajstić information content (AvgIpc) is 3.09. The zero-order chi connectivity index (χ0) is 15.2. The molecule has 110 valence electrons. The topological polar surface area (TPSA) is 62.3 Å². The number of hydrogen-bond acceptors (Lipinski definition) is 5. The van der Waals surface area contributed by atoms with Crippen molar-refractivity contribution < 1.29 is 9.59 Å². The average molecular weight is 321 g/mol. The summed E-state index contributed by atoms with van der Waals surface area (Å²) in [6.45, 7) is 5.83. The van der Waals surface area contributed by atoms with E-state index >= 15 is 0 Å². The molecule has 7 heteroatoms. The van der Waals surface area contributed by atoms with Crippen LogP contribution in [0.25, 0.3) is 0 Å². The Kier molecular flexibility index (Phi) is 5.24. The van der Waals surface area contributed by atoms with Gasteiger partial charge in [-0.1, -0.05) is 12.1 Å². The molecule has 0 aliphatic heterocycles. The lowest BCUT2D eigenvalue weighted by Gasteiger charge is -2.19. The summed E-state index contributed by atoms with van der Waals surface area (Å²) < 4.78 is 0. The Hall–Kier alpha value is -1.99. The van der Waals surface area contributed by atoms with Gasteiger partial charge in [0.15, 0.2) is 5.13 Å². The first-order valence-electron chi connectivity index (χ1n) is 6.26. The van der Waals surface area contributed by atoms with Gasteiger partial charge < -0.3 is 10.2 Å². The van der Waals surface area contributed by atoms with Crippen molar-refractivity contribution in [1.82, 2.24) is 9.88 Å². The normalized spacial score (nSPS) is 10.1. The number of aryl methyl sites for hydroxylation is 1. The van der Waals surface area contributed by atoms with Crippen LogP contribution in [-0.2, 0) is 4.79 Å². The fraction of sp³-hybridized carbons (Fsp3) is 0.214. The summed E-state index contributed by atoms with van der Waals surface area (Å²) in [6.07, 6.45) is 3.30. The highest BCUT2D eigenvalue weighted by Crippen LogP contribution is 2.17. The Morgan fingerprint density at radius 3 is 2.90 bits per heavy atom. The number of carbonyl (C=O) groups is 2. The number of aromatic nitrogens is 1. The monoisotopic (exact) mass is 321 g/mol. The molecule has 0 fully saturated rings. The summed E-state index contributed by atoms with van der Waals surface area (Å²) in [6, 6.07) is 3.55. The first-order valence-corrected chi connectivity index (χ1v) is 7.95. The summed E-state index contributed by atoms with van der Waals surface area (Å²) in [5.74, 6) is -0.438. The van der Waals surface area contributed by atoms with Gasteiger partial charge in [0.25, 0.3) is 5.91 Å². The standard InChI is InChI=1S/C14H15N3O2S2/c1-3-6-17(13(19)11-5-4-7-20-11)9-12(18)16-14-15-8-10(2)21-14/h3-5,7-8H,1,6,9H2,2H3,(H,15,16,18). The fourth-order valence-electron chi connectivity index (χ4n) is 1.68. The molecular formula is C14H15N3O2S2. The van der Waals surface area contributed by atoms with Crippen LogP contribution in [0.1, 0.15) is 14.5 Å². The van der Waals surface area contributed by atoms with E-state index in [4.69, 9.17) is 0 Å². The van der Waals surface area contributed by atoms with E-state index < -0.39 is 0 Å². The lowest BCUT2D eigenvalue weighted by molar-refractivity contribution is -0.116. The molecule has 0 saturated heterocycles. The number of amides is 2. The number of nitrogens with one attached hydrogen (secondary N) is 1. The molecule has 5 nitrogen and oxygen atoms in total. The van der Waals surface area contributed by atoms with Gasteiger partial charge in [-0.15, -0.1) is 29.3 Å². The summed E-state index contributed by atoms with van der Waals surface area (Å²) in [5, 5.41) is 5.07. The molecule has 2 aromatic heterocycles. The third kappa shape index (κ3) is 4.24. The van der Waals surface area contributed by atoms with E-state index in [2.05, 4.69) is 16.9 Å². The zero-order valence-corrected chi connectivity index (χ0v) is 13.2. The molecule has 0 aliphatic rings. The highest BCUT2D eigenvalue weighted by molar-refractivity contribution is 7.15. The second-order valence-electron chi connectivity index (χ2n) is 4.28. The smallest absolute Gasteiger partial charge is 0.264 e. The largest absolute Gasteiger partial charge is 0.325 e. The van der Waals surface area contributed by atoms with Gasteiger partial charge in [0.1, 0.15) is 6.54 Å². The maximum atomic E-state index is 12.3. The lowest BCUT2D eigenvalue weighted by atomic mass is 10.3. The highest BCUT2D eigenvalue weighted by atomic mass is 32.1. The van der Waals surface area contributed by atoms with Crippen LogP contribution in [0, 0.1) is 6.92 Å². The SMILES string of the molecule is C=CCN(CC(=O)Nc1ncc(C)s1)C(=O)c1cccs1. The molecule has 1 N–H and O–H groups in total. The van der Waals surface area contributed by atoms with Gasteiger partial charge in [0, 0.05) is 17.6 Å². The number of thiophene rings is 1. The third-order valence-electron chi connectivity index (χ3n) is 2.57. The molecule has 0 aromatic carbocycles. The second kappa shape index (κ2) is 7.14. The molecule has 2 aromatic rings. The number of carbonyl (C=O) groups excluding carboxylic acids is 2. The molecule has 2 amide bonds. The van der Waals surface area contributed by atoms with E-state index in [0.717, 1.165) is 4.88 Å². The first-order chi connectivity index (χ1) is 10.1. The van der Waals surface area contributed by atoms with Gasteiger partial charge in [-0.2, -0.15) is 0 Å². The Labute approximate surface area is 130 Å². The van der Waals surface area contributed by atoms with Crippen LogP contribution in [-0.4, -0.2) is 34.8 Å². The van der Waals surface area contributed by atoms with E-state index in [-0.39, 0.29) is 18.4 Å². The van der Waals surface area contributed by atoms with Crippen LogP contribution in [0.15, 0.2) is 36.4 Å². The molecule has 0 spiro atoms. The van der Waals surface area contributed by atoms with Crippen LogP contribution < -0.4 is 5.32 Å². The molecule has 2 heterocycles. The number of rotatable bonds is 6. The minimum Gasteiger partial charge on any atom is -0.325 e.